The van der Waals surface area contributed by atoms with Gasteiger partial charge in [-0.3, -0.25) is 5.32 Å². The Labute approximate surface area is 147 Å². The summed E-state index contributed by atoms with van der Waals surface area (Å²) in [4.78, 5) is 37.4. The summed E-state index contributed by atoms with van der Waals surface area (Å²) in [5.74, 6) is -0.756. The quantitative estimate of drug-likeness (QED) is 0.837. The van der Waals surface area contributed by atoms with Crippen molar-refractivity contribution in [1.82, 2.24) is 4.90 Å². The summed E-state index contributed by atoms with van der Waals surface area (Å²) in [6, 6.07) is 2.87. The zero-order valence-electron chi connectivity index (χ0n) is 13.9. The van der Waals surface area contributed by atoms with E-state index in [1.165, 1.54) is 24.5 Å². The summed E-state index contributed by atoms with van der Waals surface area (Å²) in [5.41, 5.74) is -0.630. The largest absolute Gasteiger partial charge is 0.465 e. The van der Waals surface area contributed by atoms with Gasteiger partial charge in [0.05, 0.1) is 11.8 Å². The number of hydrogen-bond acceptors (Lipinski definition) is 7. The number of urea groups is 1. The van der Waals surface area contributed by atoms with Gasteiger partial charge in [-0.25, -0.2) is 14.4 Å². The lowest BCUT2D eigenvalue weighted by molar-refractivity contribution is 0.0544. The fraction of sp³-hybridized carbons (Fsp3) is 0.438. The van der Waals surface area contributed by atoms with Gasteiger partial charge in [-0.1, -0.05) is 0 Å². The number of nitrogens with one attached hydrogen (secondary N) is 1. The molecule has 0 aliphatic carbocycles. The molecule has 2 aromatic rings. The van der Waals surface area contributed by atoms with E-state index in [1.54, 1.807) is 18.0 Å². The van der Waals surface area contributed by atoms with Crippen molar-refractivity contribution in [3.05, 3.63) is 28.1 Å². The van der Waals surface area contributed by atoms with Crippen LogP contribution in [0.25, 0.3) is 10.3 Å². The summed E-state index contributed by atoms with van der Waals surface area (Å²) in [7, 11) is 2.94. The number of nitrogens with zero attached hydrogens (tertiary/aromatic N) is 1. The number of amides is 2. The number of anilines is 1. The van der Waals surface area contributed by atoms with Gasteiger partial charge in [0.15, 0.2) is 5.58 Å². The number of rotatable bonds is 3. The third kappa shape index (κ3) is 3.67. The molecule has 9 heteroatoms. The van der Waals surface area contributed by atoms with E-state index in [4.69, 9.17) is 9.15 Å². The van der Waals surface area contributed by atoms with Crippen molar-refractivity contribution in [2.75, 3.05) is 32.7 Å². The summed E-state index contributed by atoms with van der Waals surface area (Å²) in [6.45, 7) is 1.29. The topological polar surface area (TPSA) is 98.1 Å². The number of thiophene rings is 1. The van der Waals surface area contributed by atoms with Crippen LogP contribution in [0.5, 0.6) is 0 Å². The number of carbonyl (C=O) groups is 2. The molecule has 1 aliphatic rings. The molecule has 3 rings (SSSR count). The fourth-order valence-electron chi connectivity index (χ4n) is 2.66. The van der Waals surface area contributed by atoms with Crippen molar-refractivity contribution in [2.24, 2.45) is 0 Å². The normalized spacial score (nSPS) is 15.1. The number of ether oxygens (including phenoxy) is 2. The van der Waals surface area contributed by atoms with Gasteiger partial charge >= 0.3 is 17.6 Å². The minimum atomic E-state index is -0.769. The van der Waals surface area contributed by atoms with Gasteiger partial charge in [0.25, 0.3) is 0 Å². The zero-order chi connectivity index (χ0) is 18.0. The SMILES string of the molecule is COC(=O)c1cc2sc(NC(=O)N(C)C3CCOCC3)cc2oc1=O. The van der Waals surface area contributed by atoms with E-state index < -0.39 is 11.6 Å². The predicted molar refractivity (Wildman–Crippen MR) is 92.3 cm³/mol. The fourth-order valence-corrected chi connectivity index (χ4v) is 3.58. The van der Waals surface area contributed by atoms with E-state index in [2.05, 4.69) is 10.1 Å². The minimum absolute atomic E-state index is 0.131. The lowest BCUT2D eigenvalue weighted by Gasteiger charge is -2.31. The first kappa shape index (κ1) is 17.4. The number of hydrogen-bond donors (Lipinski definition) is 1. The van der Waals surface area contributed by atoms with Crippen LogP contribution in [0.4, 0.5) is 9.80 Å². The summed E-state index contributed by atoms with van der Waals surface area (Å²) in [5, 5.41) is 3.33. The van der Waals surface area contributed by atoms with E-state index in [1.807, 2.05) is 0 Å². The highest BCUT2D eigenvalue weighted by molar-refractivity contribution is 7.22. The monoisotopic (exact) mass is 366 g/mol. The molecule has 0 unspecified atom stereocenters. The van der Waals surface area contributed by atoms with Crippen LogP contribution in [-0.4, -0.2) is 50.3 Å². The van der Waals surface area contributed by atoms with Gasteiger partial charge in [0.1, 0.15) is 10.6 Å². The molecule has 1 aliphatic heterocycles. The maximum absolute atomic E-state index is 12.4. The van der Waals surface area contributed by atoms with Crippen LogP contribution < -0.4 is 10.9 Å². The van der Waals surface area contributed by atoms with Gasteiger partial charge in [0.2, 0.25) is 0 Å². The molecule has 1 fully saturated rings. The molecule has 0 saturated carbocycles. The first-order valence-corrected chi connectivity index (χ1v) is 8.59. The molecule has 2 aromatic heterocycles. The minimum Gasteiger partial charge on any atom is -0.465 e. The van der Waals surface area contributed by atoms with E-state index in [0.29, 0.717) is 28.5 Å². The molecule has 0 atom stereocenters. The van der Waals surface area contributed by atoms with Crippen LogP contribution >= 0.6 is 11.3 Å². The van der Waals surface area contributed by atoms with Gasteiger partial charge in [-0.05, 0) is 18.9 Å². The van der Waals surface area contributed by atoms with E-state index in [9.17, 15) is 14.4 Å². The second kappa shape index (κ2) is 7.24. The number of fused-ring (bicyclic) bond motifs is 1. The molecule has 1 N–H and O–H groups in total. The smallest absolute Gasteiger partial charge is 0.351 e. The molecule has 25 heavy (non-hydrogen) atoms. The maximum Gasteiger partial charge on any atom is 0.351 e. The van der Waals surface area contributed by atoms with Crippen LogP contribution in [0.2, 0.25) is 0 Å². The zero-order valence-corrected chi connectivity index (χ0v) is 14.7. The van der Waals surface area contributed by atoms with Crippen LogP contribution in [-0.2, 0) is 9.47 Å². The van der Waals surface area contributed by atoms with Crippen LogP contribution in [0.1, 0.15) is 23.2 Å². The van der Waals surface area contributed by atoms with Crippen molar-refractivity contribution < 1.29 is 23.5 Å². The van der Waals surface area contributed by atoms with Gasteiger partial charge in [-0.15, -0.1) is 11.3 Å². The molecule has 0 spiro atoms. The summed E-state index contributed by atoms with van der Waals surface area (Å²) in [6.07, 6.45) is 1.60. The van der Waals surface area contributed by atoms with Gasteiger partial charge < -0.3 is 18.8 Å². The van der Waals surface area contributed by atoms with E-state index >= 15 is 0 Å². The standard InChI is InChI=1S/C16H18N2O6S/c1-18(9-3-5-23-6-4-9)16(21)17-13-8-11-12(25-13)7-10(14(19)22-2)15(20)24-11/h7-9H,3-6H2,1-2H3,(H,17,21). The molecule has 8 nitrogen and oxygen atoms in total. The van der Waals surface area contributed by atoms with E-state index in [0.717, 1.165) is 12.8 Å². The van der Waals surface area contributed by atoms with Crippen molar-refractivity contribution >= 4 is 38.6 Å². The third-order valence-corrected chi connectivity index (χ3v) is 5.10. The van der Waals surface area contributed by atoms with Crippen LogP contribution in [0.3, 0.4) is 0 Å². The molecule has 134 valence electrons. The number of esters is 1. The Morgan fingerprint density at radius 3 is 2.72 bits per heavy atom. The molecule has 1 saturated heterocycles. The molecular weight excluding hydrogens is 348 g/mol. The maximum atomic E-state index is 12.4. The van der Waals surface area contributed by atoms with Crippen molar-refractivity contribution in [3.63, 3.8) is 0 Å². The molecule has 0 bridgehead atoms. The van der Waals surface area contributed by atoms with Crippen LogP contribution in [0, 0.1) is 0 Å². The highest BCUT2D eigenvalue weighted by Gasteiger charge is 2.23. The second-order valence-electron chi connectivity index (χ2n) is 5.66. The lowest BCUT2D eigenvalue weighted by atomic mass is 10.1. The van der Waals surface area contributed by atoms with Gasteiger partial charge in [-0.2, -0.15) is 0 Å². The Balaban J connectivity index is 1.78. The second-order valence-corrected chi connectivity index (χ2v) is 6.75. The highest BCUT2D eigenvalue weighted by Crippen LogP contribution is 2.30. The van der Waals surface area contributed by atoms with E-state index in [-0.39, 0.29) is 17.6 Å². The van der Waals surface area contributed by atoms with Gasteiger partial charge in [0, 0.05) is 32.4 Å². The highest BCUT2D eigenvalue weighted by atomic mass is 32.1. The van der Waals surface area contributed by atoms with Crippen LogP contribution in [0.15, 0.2) is 21.3 Å². The Kier molecular flexibility index (Phi) is 5.05. The Bertz CT molecular complexity index is 852. The first-order chi connectivity index (χ1) is 12.0. The Morgan fingerprint density at radius 1 is 1.32 bits per heavy atom. The average Bonchev–Trinajstić information content (AvgIpc) is 3.01. The third-order valence-electron chi connectivity index (χ3n) is 4.12. The molecule has 3 heterocycles. The lowest BCUT2D eigenvalue weighted by Crippen LogP contribution is -2.42. The number of carbonyl (C=O) groups excluding carboxylic acids is 2. The first-order valence-electron chi connectivity index (χ1n) is 7.77. The summed E-state index contributed by atoms with van der Waals surface area (Å²) < 4.78 is 15.6. The molecule has 0 radical (unpaired) electrons. The van der Waals surface area contributed by atoms with Crippen molar-refractivity contribution in [3.8, 4) is 0 Å². The van der Waals surface area contributed by atoms with Crippen molar-refractivity contribution in [2.45, 2.75) is 18.9 Å². The summed E-state index contributed by atoms with van der Waals surface area (Å²) >= 11 is 1.22. The Morgan fingerprint density at radius 2 is 2.04 bits per heavy atom. The average molecular weight is 366 g/mol. The Hall–Kier alpha value is -2.39. The predicted octanol–water partition coefficient (Wildman–Crippen LogP) is 2.28. The molecule has 0 aromatic carbocycles. The molecular formula is C16H18N2O6S. The van der Waals surface area contributed by atoms with Crippen molar-refractivity contribution in [1.29, 1.82) is 0 Å². The molecule has 2 amide bonds. The number of methoxy groups -OCH3 is 1.